The highest BCUT2D eigenvalue weighted by Gasteiger charge is 2.35. The van der Waals surface area contributed by atoms with E-state index in [1.165, 1.54) is 5.69 Å². The molecule has 0 amide bonds. The van der Waals surface area contributed by atoms with E-state index in [1.807, 2.05) is 12.1 Å². The molecule has 1 fully saturated rings. The normalized spacial score (nSPS) is 16.6. The second-order valence-corrected chi connectivity index (χ2v) is 6.10. The zero-order valence-corrected chi connectivity index (χ0v) is 11.6. The van der Waals surface area contributed by atoms with E-state index in [4.69, 9.17) is 10.5 Å². The monoisotopic (exact) mass is 248 g/mol. The van der Waals surface area contributed by atoms with Crippen LogP contribution in [-0.2, 0) is 0 Å². The van der Waals surface area contributed by atoms with Crippen molar-refractivity contribution in [2.24, 2.45) is 17.1 Å². The molecule has 0 saturated carbocycles. The van der Waals surface area contributed by atoms with Crippen LogP contribution in [0.2, 0.25) is 0 Å². The van der Waals surface area contributed by atoms with Gasteiger partial charge in [0.1, 0.15) is 12.4 Å². The lowest BCUT2D eigenvalue weighted by Gasteiger charge is -2.47. The number of anilines is 1. The second-order valence-electron chi connectivity index (χ2n) is 6.10. The Labute approximate surface area is 110 Å². The number of ether oxygens (including phenoxy) is 1. The number of rotatable bonds is 4. The van der Waals surface area contributed by atoms with Crippen LogP contribution < -0.4 is 15.4 Å². The largest absolute Gasteiger partial charge is 0.492 e. The van der Waals surface area contributed by atoms with Gasteiger partial charge in [0.15, 0.2) is 0 Å². The predicted molar refractivity (Wildman–Crippen MR) is 76.1 cm³/mol. The van der Waals surface area contributed by atoms with Crippen molar-refractivity contribution in [1.82, 2.24) is 0 Å². The van der Waals surface area contributed by atoms with Crippen LogP contribution >= 0.6 is 0 Å². The van der Waals surface area contributed by atoms with Gasteiger partial charge in [0.05, 0.1) is 0 Å². The van der Waals surface area contributed by atoms with Gasteiger partial charge in [-0.05, 0) is 23.5 Å². The number of benzene rings is 1. The van der Waals surface area contributed by atoms with Crippen molar-refractivity contribution in [3.05, 3.63) is 24.3 Å². The Morgan fingerprint density at radius 3 is 2.67 bits per heavy atom. The SMILES string of the molecule is CC(C)(C)C1CN(c2cccc(OCCN)c2)C1. The molecular formula is C15H24N2O. The van der Waals surface area contributed by atoms with Crippen LogP contribution in [0.15, 0.2) is 24.3 Å². The number of nitrogens with two attached hydrogens (primary N) is 1. The Kier molecular flexibility index (Phi) is 3.81. The summed E-state index contributed by atoms with van der Waals surface area (Å²) in [4.78, 5) is 2.41. The van der Waals surface area contributed by atoms with Crippen molar-refractivity contribution < 1.29 is 4.74 Å². The van der Waals surface area contributed by atoms with Gasteiger partial charge >= 0.3 is 0 Å². The number of hydrogen-bond acceptors (Lipinski definition) is 3. The highest BCUT2D eigenvalue weighted by atomic mass is 16.5. The average molecular weight is 248 g/mol. The average Bonchev–Trinajstić information content (AvgIpc) is 2.23. The van der Waals surface area contributed by atoms with Crippen LogP contribution in [-0.4, -0.2) is 26.2 Å². The summed E-state index contributed by atoms with van der Waals surface area (Å²) >= 11 is 0. The molecule has 2 rings (SSSR count). The third-order valence-corrected chi connectivity index (χ3v) is 3.68. The lowest BCUT2D eigenvalue weighted by Crippen LogP contribution is -2.52. The molecule has 0 radical (unpaired) electrons. The zero-order valence-electron chi connectivity index (χ0n) is 11.6. The molecule has 0 aliphatic carbocycles. The lowest BCUT2D eigenvalue weighted by molar-refractivity contribution is 0.195. The molecule has 1 aliphatic rings. The first-order valence-electron chi connectivity index (χ1n) is 6.68. The Morgan fingerprint density at radius 2 is 2.06 bits per heavy atom. The van der Waals surface area contributed by atoms with E-state index >= 15 is 0 Å². The maximum atomic E-state index is 5.56. The fraction of sp³-hybridized carbons (Fsp3) is 0.600. The number of nitrogens with zero attached hydrogens (tertiary/aromatic N) is 1. The fourth-order valence-corrected chi connectivity index (χ4v) is 2.18. The van der Waals surface area contributed by atoms with E-state index in [0.29, 0.717) is 18.6 Å². The van der Waals surface area contributed by atoms with E-state index < -0.39 is 0 Å². The molecule has 1 aromatic carbocycles. The first kappa shape index (κ1) is 13.2. The van der Waals surface area contributed by atoms with Gasteiger partial charge < -0.3 is 15.4 Å². The minimum Gasteiger partial charge on any atom is -0.492 e. The Balaban J connectivity index is 1.95. The summed E-state index contributed by atoms with van der Waals surface area (Å²) in [6.07, 6.45) is 0. The maximum absolute atomic E-state index is 5.56. The molecule has 3 heteroatoms. The van der Waals surface area contributed by atoms with Crippen LogP contribution in [0.3, 0.4) is 0 Å². The molecule has 0 bridgehead atoms. The molecule has 1 aromatic rings. The molecule has 0 atom stereocenters. The van der Waals surface area contributed by atoms with Crippen LogP contribution in [0.4, 0.5) is 5.69 Å². The van der Waals surface area contributed by atoms with E-state index in [1.54, 1.807) is 0 Å². The van der Waals surface area contributed by atoms with Gasteiger partial charge in [0.2, 0.25) is 0 Å². The summed E-state index contributed by atoms with van der Waals surface area (Å²) in [5.74, 6) is 1.70. The summed E-state index contributed by atoms with van der Waals surface area (Å²) in [6, 6.07) is 8.29. The molecule has 100 valence electrons. The quantitative estimate of drug-likeness (QED) is 0.889. The van der Waals surface area contributed by atoms with Gasteiger partial charge in [0.25, 0.3) is 0 Å². The molecule has 1 heterocycles. The Bertz CT molecular complexity index is 392. The molecule has 1 saturated heterocycles. The van der Waals surface area contributed by atoms with Gasteiger partial charge in [-0.1, -0.05) is 26.8 Å². The lowest BCUT2D eigenvalue weighted by atomic mass is 9.76. The molecule has 0 aromatic heterocycles. The van der Waals surface area contributed by atoms with E-state index in [2.05, 4.69) is 37.8 Å². The third-order valence-electron chi connectivity index (χ3n) is 3.68. The minimum absolute atomic E-state index is 0.407. The van der Waals surface area contributed by atoms with Gasteiger partial charge in [-0.2, -0.15) is 0 Å². The van der Waals surface area contributed by atoms with Crippen molar-refractivity contribution in [2.45, 2.75) is 20.8 Å². The van der Waals surface area contributed by atoms with Gasteiger partial charge in [-0.3, -0.25) is 0 Å². The maximum Gasteiger partial charge on any atom is 0.121 e. The van der Waals surface area contributed by atoms with E-state index in [9.17, 15) is 0 Å². The van der Waals surface area contributed by atoms with E-state index in [-0.39, 0.29) is 0 Å². The second kappa shape index (κ2) is 5.19. The van der Waals surface area contributed by atoms with Gasteiger partial charge in [-0.15, -0.1) is 0 Å². The smallest absolute Gasteiger partial charge is 0.121 e. The fourth-order valence-electron chi connectivity index (χ4n) is 2.18. The highest BCUT2D eigenvalue weighted by Crippen LogP contribution is 2.36. The predicted octanol–water partition coefficient (Wildman–Crippen LogP) is 2.51. The summed E-state index contributed by atoms with van der Waals surface area (Å²) < 4.78 is 5.56. The van der Waals surface area contributed by atoms with Crippen molar-refractivity contribution in [3.63, 3.8) is 0 Å². The molecular weight excluding hydrogens is 224 g/mol. The van der Waals surface area contributed by atoms with Crippen molar-refractivity contribution in [1.29, 1.82) is 0 Å². The standard InChI is InChI=1S/C15H24N2O/c1-15(2,3)12-10-17(11-12)13-5-4-6-14(9-13)18-8-7-16/h4-6,9,12H,7-8,10-11,16H2,1-3H3. The van der Waals surface area contributed by atoms with Gasteiger partial charge in [0, 0.05) is 31.4 Å². The Hall–Kier alpha value is -1.22. The van der Waals surface area contributed by atoms with Crippen LogP contribution in [0, 0.1) is 11.3 Å². The van der Waals surface area contributed by atoms with E-state index in [0.717, 1.165) is 24.8 Å². The van der Waals surface area contributed by atoms with Crippen LogP contribution in [0.25, 0.3) is 0 Å². The number of hydrogen-bond donors (Lipinski definition) is 1. The van der Waals surface area contributed by atoms with Crippen LogP contribution in [0.5, 0.6) is 5.75 Å². The molecule has 18 heavy (non-hydrogen) atoms. The molecule has 0 unspecified atom stereocenters. The first-order valence-corrected chi connectivity index (χ1v) is 6.68. The molecule has 3 nitrogen and oxygen atoms in total. The topological polar surface area (TPSA) is 38.5 Å². The van der Waals surface area contributed by atoms with Crippen LogP contribution in [0.1, 0.15) is 20.8 Å². The van der Waals surface area contributed by atoms with Crippen molar-refractivity contribution >= 4 is 5.69 Å². The highest BCUT2D eigenvalue weighted by molar-refractivity contribution is 5.52. The summed E-state index contributed by atoms with van der Waals surface area (Å²) in [5, 5.41) is 0. The Morgan fingerprint density at radius 1 is 1.33 bits per heavy atom. The zero-order chi connectivity index (χ0) is 13.2. The molecule has 1 aliphatic heterocycles. The summed E-state index contributed by atoms with van der Waals surface area (Å²) in [5.41, 5.74) is 7.10. The third kappa shape index (κ3) is 2.96. The van der Waals surface area contributed by atoms with Crippen molar-refractivity contribution in [2.75, 3.05) is 31.1 Å². The minimum atomic E-state index is 0.407. The van der Waals surface area contributed by atoms with Crippen molar-refractivity contribution in [3.8, 4) is 5.75 Å². The summed E-state index contributed by atoms with van der Waals surface area (Å²) in [7, 11) is 0. The molecule has 2 N–H and O–H groups in total. The first-order chi connectivity index (χ1) is 8.50. The van der Waals surface area contributed by atoms with Gasteiger partial charge in [-0.25, -0.2) is 0 Å². The summed E-state index contributed by atoms with van der Waals surface area (Å²) in [6.45, 7) is 10.4. The molecule has 0 spiro atoms.